The van der Waals surface area contributed by atoms with Crippen LogP contribution < -0.4 is 10.6 Å². The van der Waals surface area contributed by atoms with E-state index < -0.39 is 23.6 Å². The van der Waals surface area contributed by atoms with Crippen LogP contribution in [0.3, 0.4) is 0 Å². The van der Waals surface area contributed by atoms with Crippen LogP contribution in [0, 0.1) is 6.92 Å². The van der Waals surface area contributed by atoms with E-state index in [-0.39, 0.29) is 34.3 Å². The molecule has 0 radical (unpaired) electrons. The number of imidazole rings is 1. The van der Waals surface area contributed by atoms with Crippen molar-refractivity contribution in [2.75, 3.05) is 6.54 Å². The Balaban J connectivity index is 1.59. The Morgan fingerprint density at radius 1 is 1.10 bits per heavy atom. The van der Waals surface area contributed by atoms with Gasteiger partial charge in [-0.25, -0.2) is 4.98 Å². The maximum atomic E-state index is 13.2. The molecular weight excluding hydrogens is 533 g/mol. The number of hydrogen-bond donors (Lipinski definition) is 2. The van der Waals surface area contributed by atoms with Crippen LogP contribution in [-0.4, -0.2) is 27.9 Å². The van der Waals surface area contributed by atoms with E-state index in [0.717, 1.165) is 29.5 Å². The van der Waals surface area contributed by atoms with Crippen molar-refractivity contribution in [3.05, 3.63) is 106 Å². The van der Waals surface area contributed by atoms with Gasteiger partial charge in [0.25, 0.3) is 11.8 Å². The van der Waals surface area contributed by atoms with Gasteiger partial charge in [-0.15, -0.1) is 0 Å². The topological polar surface area (TPSA) is 89.2 Å². The maximum absolute atomic E-state index is 13.2. The van der Waals surface area contributed by atoms with E-state index in [1.165, 1.54) is 18.2 Å². The molecule has 2 aromatic carbocycles. The Labute approximate surface area is 227 Å². The molecule has 0 atom stereocenters. The van der Waals surface area contributed by atoms with Gasteiger partial charge < -0.3 is 19.6 Å². The molecular formula is C28H24ClF3N4O3. The average molecular weight is 557 g/mol. The number of aryl methyl sites for hydroxylation is 2. The monoisotopic (exact) mass is 556 g/mol. The molecule has 0 saturated carbocycles. The summed E-state index contributed by atoms with van der Waals surface area (Å²) in [6, 6.07) is 12.6. The van der Waals surface area contributed by atoms with Crippen molar-refractivity contribution in [3.63, 3.8) is 0 Å². The second-order valence-corrected chi connectivity index (χ2v) is 9.22. The van der Waals surface area contributed by atoms with Gasteiger partial charge in [0.05, 0.1) is 22.6 Å². The first-order chi connectivity index (χ1) is 18.5. The summed E-state index contributed by atoms with van der Waals surface area (Å²) < 4.78 is 47.1. The zero-order valence-corrected chi connectivity index (χ0v) is 21.7. The zero-order chi connectivity index (χ0) is 28.2. The van der Waals surface area contributed by atoms with Crippen LogP contribution in [0.4, 0.5) is 13.2 Å². The molecule has 2 amide bonds. The number of nitrogens with zero attached hydrogens (tertiary/aromatic N) is 2. The van der Waals surface area contributed by atoms with E-state index in [1.54, 1.807) is 35.2 Å². The summed E-state index contributed by atoms with van der Waals surface area (Å²) in [6.45, 7) is 2.13. The Kier molecular flexibility index (Phi) is 8.25. The first-order valence-electron chi connectivity index (χ1n) is 11.8. The summed E-state index contributed by atoms with van der Waals surface area (Å²) in [5.41, 5.74) is 1.12. The molecule has 2 heterocycles. The second-order valence-electron chi connectivity index (χ2n) is 8.81. The lowest BCUT2D eigenvalue weighted by Gasteiger charge is -2.11. The number of halogens is 4. The number of alkyl halides is 3. The maximum Gasteiger partial charge on any atom is 0.416 e. The number of aromatic nitrogens is 2. The van der Waals surface area contributed by atoms with E-state index in [9.17, 15) is 22.8 Å². The van der Waals surface area contributed by atoms with Crippen molar-refractivity contribution in [2.24, 2.45) is 7.05 Å². The molecule has 4 rings (SSSR count). The molecule has 0 aliphatic heterocycles. The Morgan fingerprint density at radius 3 is 2.51 bits per heavy atom. The number of furan rings is 1. The molecule has 2 aromatic heterocycles. The zero-order valence-electron chi connectivity index (χ0n) is 21.0. The molecule has 39 heavy (non-hydrogen) atoms. The van der Waals surface area contributed by atoms with E-state index in [4.69, 9.17) is 16.0 Å². The minimum atomic E-state index is -4.56. The Morgan fingerprint density at radius 2 is 1.85 bits per heavy atom. The standard InChI is InChI=1S/C28H24ClF3N4O3/c1-17-3-5-18(6-4-17)26(37)35-24(27(38)33-12-11-20-15-36(2)16-34-20)14-21-8-10-25(39-21)22-13-19(28(30,31)32)7-9-23(22)29/h3-10,13-16H,11-12H2,1-2H3,(H,33,38)(H,35,37)/b24-14+. The third-order valence-corrected chi connectivity index (χ3v) is 6.03. The van der Waals surface area contributed by atoms with Gasteiger partial charge in [0.15, 0.2) is 0 Å². The fraction of sp³-hybridized carbons (Fsp3) is 0.179. The van der Waals surface area contributed by atoms with Gasteiger partial charge in [-0.1, -0.05) is 29.3 Å². The summed E-state index contributed by atoms with van der Waals surface area (Å²) in [7, 11) is 1.83. The largest absolute Gasteiger partial charge is 0.457 e. The molecule has 0 spiro atoms. The highest BCUT2D eigenvalue weighted by atomic mass is 35.5. The Hall–Kier alpha value is -4.31. The highest BCUT2D eigenvalue weighted by molar-refractivity contribution is 6.33. The van der Waals surface area contributed by atoms with Gasteiger partial charge in [-0.05, 0) is 49.4 Å². The fourth-order valence-electron chi connectivity index (χ4n) is 3.66. The fourth-order valence-corrected chi connectivity index (χ4v) is 3.87. The molecule has 0 aliphatic rings. The summed E-state index contributed by atoms with van der Waals surface area (Å²) >= 11 is 6.13. The molecule has 202 valence electrons. The Bertz CT molecular complexity index is 1520. The summed E-state index contributed by atoms with van der Waals surface area (Å²) in [5, 5.41) is 5.40. The summed E-state index contributed by atoms with van der Waals surface area (Å²) in [5.74, 6) is -0.912. The van der Waals surface area contributed by atoms with Crippen LogP contribution in [-0.2, 0) is 24.4 Å². The predicted molar refractivity (Wildman–Crippen MR) is 141 cm³/mol. The summed E-state index contributed by atoms with van der Waals surface area (Å²) in [6.07, 6.45) is 0.675. The number of rotatable bonds is 8. The van der Waals surface area contributed by atoms with Gasteiger partial charge in [-0.3, -0.25) is 9.59 Å². The smallest absolute Gasteiger partial charge is 0.416 e. The third kappa shape index (κ3) is 7.17. The molecule has 0 aliphatic carbocycles. The van der Waals surface area contributed by atoms with Gasteiger partial charge in [0.2, 0.25) is 0 Å². The number of hydrogen-bond acceptors (Lipinski definition) is 4. The predicted octanol–water partition coefficient (Wildman–Crippen LogP) is 5.79. The van der Waals surface area contributed by atoms with Gasteiger partial charge in [-0.2, -0.15) is 13.2 Å². The normalized spacial score (nSPS) is 11.9. The van der Waals surface area contributed by atoms with Gasteiger partial charge in [0.1, 0.15) is 17.2 Å². The number of amides is 2. The lowest BCUT2D eigenvalue weighted by Crippen LogP contribution is -2.35. The van der Waals surface area contributed by atoms with Crippen molar-refractivity contribution in [1.29, 1.82) is 0 Å². The lowest BCUT2D eigenvalue weighted by molar-refractivity contribution is -0.137. The SMILES string of the molecule is Cc1ccc(C(=O)N/C(=C/c2ccc(-c3cc(C(F)(F)F)ccc3Cl)o2)C(=O)NCCc2cn(C)cn2)cc1. The van der Waals surface area contributed by atoms with Crippen molar-refractivity contribution < 1.29 is 27.2 Å². The molecule has 0 saturated heterocycles. The number of nitrogens with one attached hydrogen (secondary N) is 2. The van der Waals surface area contributed by atoms with Crippen molar-refractivity contribution >= 4 is 29.5 Å². The lowest BCUT2D eigenvalue weighted by atomic mass is 10.1. The van der Waals surface area contributed by atoms with Crippen LogP contribution >= 0.6 is 11.6 Å². The van der Waals surface area contributed by atoms with Crippen molar-refractivity contribution in [1.82, 2.24) is 20.2 Å². The quantitative estimate of drug-likeness (QED) is 0.269. The van der Waals surface area contributed by atoms with Crippen LogP contribution in [0.15, 0.2) is 77.2 Å². The van der Waals surface area contributed by atoms with Crippen LogP contribution in [0.5, 0.6) is 0 Å². The van der Waals surface area contributed by atoms with Crippen LogP contribution in [0.2, 0.25) is 5.02 Å². The van der Waals surface area contributed by atoms with Crippen LogP contribution in [0.1, 0.15) is 32.9 Å². The molecule has 0 unspecified atom stereocenters. The minimum Gasteiger partial charge on any atom is -0.457 e. The van der Waals surface area contributed by atoms with Crippen LogP contribution in [0.25, 0.3) is 17.4 Å². The second kappa shape index (κ2) is 11.6. The summed E-state index contributed by atoms with van der Waals surface area (Å²) in [4.78, 5) is 30.1. The molecule has 0 fully saturated rings. The van der Waals surface area contributed by atoms with E-state index in [0.29, 0.717) is 12.0 Å². The van der Waals surface area contributed by atoms with E-state index in [2.05, 4.69) is 15.6 Å². The molecule has 2 N–H and O–H groups in total. The minimum absolute atomic E-state index is 0.0381. The number of carbonyl (C=O) groups excluding carboxylic acids is 2. The number of benzene rings is 2. The average Bonchev–Trinajstić information content (AvgIpc) is 3.52. The van der Waals surface area contributed by atoms with Crippen molar-refractivity contribution in [3.8, 4) is 11.3 Å². The van der Waals surface area contributed by atoms with Gasteiger partial charge >= 0.3 is 6.18 Å². The molecule has 7 nitrogen and oxygen atoms in total. The van der Waals surface area contributed by atoms with Crippen molar-refractivity contribution in [2.45, 2.75) is 19.5 Å². The molecule has 4 aromatic rings. The third-order valence-electron chi connectivity index (χ3n) is 5.70. The highest BCUT2D eigenvalue weighted by Crippen LogP contribution is 2.36. The first kappa shape index (κ1) is 27.7. The highest BCUT2D eigenvalue weighted by Gasteiger charge is 2.31. The number of carbonyl (C=O) groups is 2. The molecule has 11 heteroatoms. The van der Waals surface area contributed by atoms with Gasteiger partial charge in [0, 0.05) is 43.4 Å². The van der Waals surface area contributed by atoms with E-state index in [1.807, 2.05) is 20.2 Å². The first-order valence-corrected chi connectivity index (χ1v) is 12.2. The van der Waals surface area contributed by atoms with E-state index >= 15 is 0 Å². The molecule has 0 bridgehead atoms.